The van der Waals surface area contributed by atoms with Crippen molar-refractivity contribution in [2.24, 2.45) is 0 Å². The number of hydrogen-bond donors (Lipinski definition) is 1. The van der Waals surface area contributed by atoms with Crippen molar-refractivity contribution >= 4 is 11.4 Å². The van der Waals surface area contributed by atoms with Gasteiger partial charge in [-0.05, 0) is 13.8 Å². The van der Waals surface area contributed by atoms with Crippen LogP contribution in [0.4, 0.5) is 11.4 Å². The highest BCUT2D eigenvalue weighted by Crippen LogP contribution is 2.30. The standard InChI is InChI=1S/C14H20N2O5/c1-10(2)21-14-6-11(5-12(7-14)16(18)19)15-3-4-20-9-13(15)8-17/h5-7,10,13,17H,3-4,8-9H2,1-2H3. The molecule has 7 nitrogen and oxygen atoms in total. The number of aliphatic hydroxyl groups excluding tert-OH is 1. The minimum Gasteiger partial charge on any atom is -0.491 e. The third-order valence-corrected chi connectivity index (χ3v) is 3.23. The molecule has 1 aliphatic rings. The van der Waals surface area contributed by atoms with Crippen molar-refractivity contribution in [3.05, 3.63) is 28.3 Å². The fourth-order valence-corrected chi connectivity index (χ4v) is 2.33. The van der Waals surface area contributed by atoms with Gasteiger partial charge >= 0.3 is 0 Å². The maximum Gasteiger partial charge on any atom is 0.275 e. The zero-order valence-electron chi connectivity index (χ0n) is 12.2. The van der Waals surface area contributed by atoms with Crippen LogP contribution in [-0.2, 0) is 4.74 Å². The van der Waals surface area contributed by atoms with Gasteiger partial charge in [0.05, 0.1) is 43.0 Å². The third-order valence-electron chi connectivity index (χ3n) is 3.23. The third kappa shape index (κ3) is 3.83. The van der Waals surface area contributed by atoms with Gasteiger partial charge in [-0.2, -0.15) is 0 Å². The van der Waals surface area contributed by atoms with Gasteiger partial charge in [-0.1, -0.05) is 0 Å². The van der Waals surface area contributed by atoms with Gasteiger partial charge in [0.25, 0.3) is 5.69 Å². The molecule has 116 valence electrons. The number of nitrogens with zero attached hydrogens (tertiary/aromatic N) is 2. The van der Waals surface area contributed by atoms with Gasteiger partial charge < -0.3 is 19.5 Å². The van der Waals surface area contributed by atoms with Gasteiger partial charge in [-0.3, -0.25) is 10.1 Å². The van der Waals surface area contributed by atoms with E-state index in [-0.39, 0.29) is 24.4 Å². The van der Waals surface area contributed by atoms with E-state index in [1.807, 2.05) is 18.7 Å². The van der Waals surface area contributed by atoms with Crippen molar-refractivity contribution in [2.45, 2.75) is 26.0 Å². The van der Waals surface area contributed by atoms with Crippen LogP contribution >= 0.6 is 0 Å². The number of hydrogen-bond acceptors (Lipinski definition) is 6. The lowest BCUT2D eigenvalue weighted by Gasteiger charge is -2.36. The SMILES string of the molecule is CC(C)Oc1cc(N2CCOCC2CO)cc([N+](=O)[O-])c1. The van der Waals surface area contributed by atoms with E-state index in [1.54, 1.807) is 6.07 Å². The molecular weight excluding hydrogens is 276 g/mol. The highest BCUT2D eigenvalue weighted by molar-refractivity contribution is 5.59. The van der Waals surface area contributed by atoms with Crippen LogP contribution in [-0.4, -0.2) is 48.5 Å². The Morgan fingerprint density at radius 3 is 2.90 bits per heavy atom. The fourth-order valence-electron chi connectivity index (χ4n) is 2.33. The van der Waals surface area contributed by atoms with Crippen molar-refractivity contribution in [3.8, 4) is 5.75 Å². The number of anilines is 1. The van der Waals surface area contributed by atoms with Crippen LogP contribution in [0.3, 0.4) is 0 Å². The van der Waals surface area contributed by atoms with Crippen LogP contribution in [0.1, 0.15) is 13.8 Å². The molecule has 0 aliphatic carbocycles. The average Bonchev–Trinajstić information content (AvgIpc) is 2.46. The lowest BCUT2D eigenvalue weighted by atomic mass is 10.1. The molecule has 1 heterocycles. The molecule has 0 saturated carbocycles. The van der Waals surface area contributed by atoms with Crippen molar-refractivity contribution in [3.63, 3.8) is 0 Å². The van der Waals surface area contributed by atoms with E-state index in [1.165, 1.54) is 12.1 Å². The molecule has 1 unspecified atom stereocenters. The van der Waals surface area contributed by atoms with Gasteiger partial charge in [0, 0.05) is 24.4 Å². The van der Waals surface area contributed by atoms with E-state index < -0.39 is 4.92 Å². The molecule has 1 fully saturated rings. The molecule has 0 aromatic heterocycles. The molecule has 0 amide bonds. The quantitative estimate of drug-likeness (QED) is 0.656. The predicted octanol–water partition coefficient (Wildman–Crippen LogP) is 1.58. The largest absolute Gasteiger partial charge is 0.491 e. The van der Waals surface area contributed by atoms with E-state index in [4.69, 9.17) is 9.47 Å². The van der Waals surface area contributed by atoms with Crippen molar-refractivity contribution in [2.75, 3.05) is 31.3 Å². The summed E-state index contributed by atoms with van der Waals surface area (Å²) in [6, 6.07) is 4.48. The maximum absolute atomic E-state index is 11.1. The zero-order chi connectivity index (χ0) is 15.4. The molecule has 0 radical (unpaired) electrons. The van der Waals surface area contributed by atoms with Gasteiger partial charge in [-0.15, -0.1) is 0 Å². The number of nitro groups is 1. The summed E-state index contributed by atoms with van der Waals surface area (Å²) in [7, 11) is 0. The number of ether oxygens (including phenoxy) is 2. The topological polar surface area (TPSA) is 85.1 Å². The van der Waals surface area contributed by atoms with E-state index in [9.17, 15) is 15.2 Å². The van der Waals surface area contributed by atoms with Crippen LogP contribution in [0.15, 0.2) is 18.2 Å². The highest BCUT2D eigenvalue weighted by atomic mass is 16.6. The van der Waals surface area contributed by atoms with Gasteiger partial charge in [0.15, 0.2) is 0 Å². The average molecular weight is 296 g/mol. The normalized spacial score (nSPS) is 18.9. The van der Waals surface area contributed by atoms with E-state index in [0.29, 0.717) is 31.2 Å². The Kier molecular flexibility index (Phi) is 4.98. The summed E-state index contributed by atoms with van der Waals surface area (Å²) in [5.41, 5.74) is 0.647. The second kappa shape index (κ2) is 6.73. The van der Waals surface area contributed by atoms with Gasteiger partial charge in [0.1, 0.15) is 5.75 Å². The summed E-state index contributed by atoms with van der Waals surface area (Å²) < 4.78 is 10.9. The second-order valence-corrected chi connectivity index (χ2v) is 5.21. The molecule has 1 aliphatic heterocycles. The van der Waals surface area contributed by atoms with Crippen LogP contribution in [0.5, 0.6) is 5.75 Å². The summed E-state index contributed by atoms with van der Waals surface area (Å²) >= 11 is 0. The van der Waals surface area contributed by atoms with E-state index in [0.717, 1.165) is 0 Å². The summed E-state index contributed by atoms with van der Waals surface area (Å²) in [6.45, 7) is 5.17. The number of non-ortho nitro benzene ring substituents is 1. The molecule has 2 rings (SSSR count). The Balaban J connectivity index is 2.36. The Bertz CT molecular complexity index is 506. The number of rotatable bonds is 5. The number of benzene rings is 1. The molecule has 21 heavy (non-hydrogen) atoms. The molecule has 1 saturated heterocycles. The number of aliphatic hydroxyl groups is 1. The molecule has 0 bridgehead atoms. The fraction of sp³-hybridized carbons (Fsp3) is 0.571. The summed E-state index contributed by atoms with van der Waals surface area (Å²) in [5, 5.41) is 20.5. The first-order valence-electron chi connectivity index (χ1n) is 6.92. The molecule has 1 atom stereocenters. The van der Waals surface area contributed by atoms with Crippen LogP contribution in [0.25, 0.3) is 0 Å². The predicted molar refractivity (Wildman–Crippen MR) is 77.9 cm³/mol. The minimum absolute atomic E-state index is 0.0219. The Morgan fingerprint density at radius 2 is 2.29 bits per heavy atom. The van der Waals surface area contributed by atoms with E-state index in [2.05, 4.69) is 0 Å². The lowest BCUT2D eigenvalue weighted by Crippen LogP contribution is -2.47. The van der Waals surface area contributed by atoms with Gasteiger partial charge in [0.2, 0.25) is 0 Å². The van der Waals surface area contributed by atoms with Crippen LogP contribution in [0, 0.1) is 10.1 Å². The molecule has 1 aromatic carbocycles. The zero-order valence-corrected chi connectivity index (χ0v) is 12.2. The number of nitro benzene ring substituents is 1. The minimum atomic E-state index is -0.439. The first-order chi connectivity index (χ1) is 10.0. The Hall–Kier alpha value is -1.86. The summed E-state index contributed by atoms with van der Waals surface area (Å²) in [6.07, 6.45) is -0.0711. The smallest absolute Gasteiger partial charge is 0.275 e. The van der Waals surface area contributed by atoms with Crippen molar-refractivity contribution in [1.29, 1.82) is 0 Å². The lowest BCUT2D eigenvalue weighted by molar-refractivity contribution is -0.384. The first kappa shape index (κ1) is 15.5. The molecule has 1 N–H and O–H groups in total. The van der Waals surface area contributed by atoms with Crippen molar-refractivity contribution in [1.82, 2.24) is 0 Å². The van der Waals surface area contributed by atoms with Gasteiger partial charge in [-0.25, -0.2) is 0 Å². The summed E-state index contributed by atoms with van der Waals surface area (Å²) in [5.74, 6) is 0.456. The molecule has 0 spiro atoms. The van der Waals surface area contributed by atoms with E-state index >= 15 is 0 Å². The number of morpholine rings is 1. The molecule has 1 aromatic rings. The Morgan fingerprint density at radius 1 is 1.52 bits per heavy atom. The van der Waals surface area contributed by atoms with Crippen LogP contribution in [0.2, 0.25) is 0 Å². The van der Waals surface area contributed by atoms with Crippen molar-refractivity contribution < 1.29 is 19.5 Å². The second-order valence-electron chi connectivity index (χ2n) is 5.21. The first-order valence-corrected chi connectivity index (χ1v) is 6.92. The molecular formula is C14H20N2O5. The van der Waals surface area contributed by atoms with Crippen LogP contribution < -0.4 is 9.64 Å². The highest BCUT2D eigenvalue weighted by Gasteiger charge is 2.25. The maximum atomic E-state index is 11.1. The summed E-state index contributed by atoms with van der Waals surface area (Å²) in [4.78, 5) is 12.6. The molecule has 7 heteroatoms. The Labute approximate surface area is 123 Å². The monoisotopic (exact) mass is 296 g/mol.